The lowest BCUT2D eigenvalue weighted by Gasteiger charge is -2.22. The van der Waals surface area contributed by atoms with Crippen LogP contribution in [0, 0.1) is 11.3 Å². The molecule has 1 heterocycles. The second-order valence-corrected chi connectivity index (χ2v) is 5.51. The van der Waals surface area contributed by atoms with Gasteiger partial charge in [-0.3, -0.25) is 5.32 Å². The van der Waals surface area contributed by atoms with Gasteiger partial charge in [0.1, 0.15) is 11.9 Å². The molecule has 1 unspecified atom stereocenters. The molecule has 0 aliphatic rings. The van der Waals surface area contributed by atoms with Crippen molar-refractivity contribution in [1.82, 2.24) is 20.1 Å². The molecule has 1 atom stereocenters. The van der Waals surface area contributed by atoms with E-state index in [9.17, 15) is 0 Å². The standard InChI is InChI=1S/C12H21N5S/c1-4-15-12(2,9-13)7-5-6-8-18-11-14-10-16-17(11)3/h10,15H,4-8H2,1-3H3. The first-order valence-corrected chi connectivity index (χ1v) is 7.23. The second kappa shape index (κ2) is 7.39. The van der Waals surface area contributed by atoms with Crippen LogP contribution in [-0.4, -0.2) is 32.6 Å². The van der Waals surface area contributed by atoms with Crippen molar-refractivity contribution in [3.05, 3.63) is 6.33 Å². The van der Waals surface area contributed by atoms with E-state index >= 15 is 0 Å². The molecule has 0 aromatic carbocycles. The molecule has 18 heavy (non-hydrogen) atoms. The SMILES string of the molecule is CCNC(C)(C#N)CCCCSc1ncnn1C. The number of nitrogens with zero attached hydrogens (tertiary/aromatic N) is 4. The van der Waals surface area contributed by atoms with E-state index in [0.29, 0.717) is 0 Å². The molecule has 5 nitrogen and oxygen atoms in total. The predicted molar refractivity (Wildman–Crippen MR) is 73.3 cm³/mol. The number of thioether (sulfide) groups is 1. The molecule has 1 aromatic heterocycles. The molecule has 0 bridgehead atoms. The molecule has 6 heteroatoms. The molecular formula is C12H21N5S. The zero-order valence-corrected chi connectivity index (χ0v) is 12.1. The lowest BCUT2D eigenvalue weighted by Crippen LogP contribution is -2.40. The molecule has 1 aromatic rings. The normalized spacial score (nSPS) is 14.1. The minimum atomic E-state index is -0.385. The van der Waals surface area contributed by atoms with Crippen molar-refractivity contribution in [3.8, 4) is 6.07 Å². The van der Waals surface area contributed by atoms with E-state index in [2.05, 4.69) is 21.5 Å². The van der Waals surface area contributed by atoms with Gasteiger partial charge in [-0.1, -0.05) is 18.7 Å². The average Bonchev–Trinajstić information content (AvgIpc) is 2.75. The third-order valence-corrected chi connectivity index (χ3v) is 3.91. The molecule has 0 aliphatic heterocycles. The van der Waals surface area contributed by atoms with Crippen molar-refractivity contribution in [1.29, 1.82) is 5.26 Å². The van der Waals surface area contributed by atoms with Gasteiger partial charge in [0.05, 0.1) is 6.07 Å². The number of hydrogen-bond acceptors (Lipinski definition) is 5. The van der Waals surface area contributed by atoms with Crippen LogP contribution in [0.3, 0.4) is 0 Å². The summed E-state index contributed by atoms with van der Waals surface area (Å²) in [7, 11) is 1.90. The van der Waals surface area contributed by atoms with Gasteiger partial charge in [0.25, 0.3) is 0 Å². The quantitative estimate of drug-likeness (QED) is 0.576. The van der Waals surface area contributed by atoms with E-state index in [0.717, 1.165) is 36.7 Å². The van der Waals surface area contributed by atoms with Crippen LogP contribution in [0.2, 0.25) is 0 Å². The van der Waals surface area contributed by atoms with Gasteiger partial charge >= 0.3 is 0 Å². The predicted octanol–water partition coefficient (Wildman–Crippen LogP) is 1.97. The Morgan fingerprint density at radius 3 is 2.89 bits per heavy atom. The number of aromatic nitrogens is 3. The molecule has 0 fully saturated rings. The summed E-state index contributed by atoms with van der Waals surface area (Å²) in [5, 5.41) is 17.3. The highest BCUT2D eigenvalue weighted by molar-refractivity contribution is 7.99. The van der Waals surface area contributed by atoms with Gasteiger partial charge in [0, 0.05) is 12.8 Å². The monoisotopic (exact) mass is 267 g/mol. The number of nitriles is 1. The van der Waals surface area contributed by atoms with E-state index in [4.69, 9.17) is 5.26 Å². The average molecular weight is 267 g/mol. The fourth-order valence-electron chi connectivity index (χ4n) is 1.73. The summed E-state index contributed by atoms with van der Waals surface area (Å²) in [6.07, 6.45) is 4.58. The highest BCUT2D eigenvalue weighted by atomic mass is 32.2. The van der Waals surface area contributed by atoms with Crippen LogP contribution in [0.5, 0.6) is 0 Å². The molecule has 1 rings (SSSR count). The van der Waals surface area contributed by atoms with E-state index < -0.39 is 0 Å². The molecule has 100 valence electrons. The van der Waals surface area contributed by atoms with Crippen LogP contribution in [0.1, 0.15) is 33.1 Å². The van der Waals surface area contributed by atoms with Gasteiger partial charge < -0.3 is 0 Å². The van der Waals surface area contributed by atoms with Crippen molar-refractivity contribution in [2.75, 3.05) is 12.3 Å². The Bertz CT molecular complexity index is 397. The van der Waals surface area contributed by atoms with Gasteiger partial charge in [0.15, 0.2) is 5.16 Å². The summed E-state index contributed by atoms with van der Waals surface area (Å²) in [4.78, 5) is 4.16. The van der Waals surface area contributed by atoms with Crippen LogP contribution in [0.15, 0.2) is 11.5 Å². The number of rotatable bonds is 8. The minimum absolute atomic E-state index is 0.385. The maximum absolute atomic E-state index is 9.12. The summed E-state index contributed by atoms with van der Waals surface area (Å²) < 4.78 is 1.78. The smallest absolute Gasteiger partial charge is 0.185 e. The summed E-state index contributed by atoms with van der Waals surface area (Å²) in [5.41, 5.74) is -0.385. The first kappa shape index (κ1) is 15.0. The topological polar surface area (TPSA) is 66.5 Å². The first-order chi connectivity index (χ1) is 8.61. The Morgan fingerprint density at radius 2 is 2.33 bits per heavy atom. The minimum Gasteiger partial charge on any atom is -0.300 e. The van der Waals surface area contributed by atoms with E-state index in [1.807, 2.05) is 20.9 Å². The Kier molecular flexibility index (Phi) is 6.16. The fourth-order valence-corrected chi connectivity index (χ4v) is 2.62. The Hall–Kier alpha value is -1.06. The van der Waals surface area contributed by atoms with Gasteiger partial charge in [-0.25, -0.2) is 9.67 Å². The molecular weight excluding hydrogens is 246 g/mol. The summed E-state index contributed by atoms with van der Waals surface area (Å²) >= 11 is 1.71. The van der Waals surface area contributed by atoms with Crippen LogP contribution in [0.4, 0.5) is 0 Å². The lowest BCUT2D eigenvalue weighted by molar-refractivity contribution is 0.415. The van der Waals surface area contributed by atoms with Gasteiger partial charge in [-0.2, -0.15) is 10.4 Å². The van der Waals surface area contributed by atoms with Crippen LogP contribution in [0.25, 0.3) is 0 Å². The van der Waals surface area contributed by atoms with Crippen molar-refractivity contribution in [3.63, 3.8) is 0 Å². The van der Waals surface area contributed by atoms with E-state index in [1.165, 1.54) is 0 Å². The number of unbranched alkanes of at least 4 members (excludes halogenated alkanes) is 1. The Morgan fingerprint density at radius 1 is 1.56 bits per heavy atom. The van der Waals surface area contributed by atoms with Crippen molar-refractivity contribution < 1.29 is 0 Å². The molecule has 0 radical (unpaired) electrons. The van der Waals surface area contributed by atoms with Crippen LogP contribution in [-0.2, 0) is 7.05 Å². The van der Waals surface area contributed by atoms with Crippen molar-refractivity contribution in [2.24, 2.45) is 7.05 Å². The van der Waals surface area contributed by atoms with Crippen molar-refractivity contribution in [2.45, 2.75) is 43.8 Å². The largest absolute Gasteiger partial charge is 0.300 e. The second-order valence-electron chi connectivity index (χ2n) is 4.45. The summed E-state index contributed by atoms with van der Waals surface area (Å²) in [5.74, 6) is 1.01. The highest BCUT2D eigenvalue weighted by Gasteiger charge is 2.21. The zero-order valence-electron chi connectivity index (χ0n) is 11.3. The van der Waals surface area contributed by atoms with Crippen LogP contribution < -0.4 is 5.32 Å². The summed E-state index contributed by atoms with van der Waals surface area (Å²) in [6, 6.07) is 2.35. The van der Waals surface area contributed by atoms with E-state index in [1.54, 1.807) is 22.8 Å². The number of hydrogen-bond donors (Lipinski definition) is 1. The Labute approximate surface area is 113 Å². The first-order valence-electron chi connectivity index (χ1n) is 6.24. The maximum Gasteiger partial charge on any atom is 0.185 e. The maximum atomic E-state index is 9.12. The molecule has 0 aliphatic carbocycles. The van der Waals surface area contributed by atoms with Crippen LogP contribution >= 0.6 is 11.8 Å². The molecule has 0 saturated heterocycles. The lowest BCUT2D eigenvalue weighted by atomic mass is 9.97. The molecule has 0 spiro atoms. The van der Waals surface area contributed by atoms with Crippen molar-refractivity contribution >= 4 is 11.8 Å². The highest BCUT2D eigenvalue weighted by Crippen LogP contribution is 2.18. The number of nitrogens with one attached hydrogen (secondary N) is 1. The fraction of sp³-hybridized carbons (Fsp3) is 0.750. The third kappa shape index (κ3) is 4.67. The Balaban J connectivity index is 2.19. The molecule has 0 amide bonds. The zero-order chi connectivity index (χ0) is 13.4. The van der Waals surface area contributed by atoms with Gasteiger partial charge in [-0.15, -0.1) is 0 Å². The van der Waals surface area contributed by atoms with E-state index in [-0.39, 0.29) is 5.54 Å². The molecule has 0 saturated carbocycles. The third-order valence-electron chi connectivity index (χ3n) is 2.79. The summed E-state index contributed by atoms with van der Waals surface area (Å²) in [6.45, 7) is 4.82. The van der Waals surface area contributed by atoms with Gasteiger partial charge in [-0.05, 0) is 32.7 Å². The number of aryl methyl sites for hydroxylation is 1. The van der Waals surface area contributed by atoms with Gasteiger partial charge in [0.2, 0.25) is 0 Å². The molecule has 1 N–H and O–H groups in total.